The number of methoxy groups -OCH3 is 1. The molecule has 2 amide bonds. The van der Waals surface area contributed by atoms with Gasteiger partial charge in [0.1, 0.15) is 12.4 Å². The van der Waals surface area contributed by atoms with E-state index in [-0.39, 0.29) is 5.91 Å². The smallest absolute Gasteiger partial charge is 0.411 e. The lowest BCUT2D eigenvalue weighted by molar-refractivity contribution is -0.910. The minimum absolute atomic E-state index is 0.361. The molecule has 0 aliphatic carbocycles. The molecule has 8 N–H and O–H groups in total. The molecule has 2 aromatic carbocycles. The number of nitrogens with two attached hydrogens (primary N) is 2. The first-order valence-corrected chi connectivity index (χ1v) is 13.7. The zero-order valence-corrected chi connectivity index (χ0v) is 23.8. The van der Waals surface area contributed by atoms with E-state index in [4.69, 9.17) is 28.0 Å². The molecule has 0 saturated heterocycles. The molecule has 1 aliphatic heterocycles. The van der Waals surface area contributed by atoms with E-state index >= 15 is 0 Å². The average Bonchev–Trinajstić information content (AvgIpc) is 2.97. The average molecular weight is 594 g/mol. The first-order chi connectivity index (χ1) is 20.3. The minimum atomic E-state index is -0.560. The van der Waals surface area contributed by atoms with Crippen molar-refractivity contribution >= 4 is 53.1 Å². The molecule has 220 valence electrons. The number of hydrazine groups is 1. The summed E-state index contributed by atoms with van der Waals surface area (Å²) in [4.78, 5) is 24.9. The van der Waals surface area contributed by atoms with Gasteiger partial charge in [0.25, 0.3) is 5.69 Å². The number of rotatable bonds is 6. The van der Waals surface area contributed by atoms with Crippen molar-refractivity contribution in [1.82, 2.24) is 5.32 Å². The molecule has 12 nitrogen and oxygen atoms in total. The van der Waals surface area contributed by atoms with Gasteiger partial charge in [0.2, 0.25) is 12.1 Å². The highest BCUT2D eigenvalue weighted by Crippen LogP contribution is 2.33. The Morgan fingerprint density at radius 3 is 2.81 bits per heavy atom. The Kier molecular flexibility index (Phi) is 10.2. The van der Waals surface area contributed by atoms with Crippen LogP contribution in [0, 0.1) is 0 Å². The summed E-state index contributed by atoms with van der Waals surface area (Å²) in [7, 11) is 1.31. The van der Waals surface area contributed by atoms with Crippen LogP contribution in [0.3, 0.4) is 0 Å². The molecule has 0 radical (unpaired) electrons. The van der Waals surface area contributed by atoms with E-state index in [2.05, 4.69) is 21.1 Å². The van der Waals surface area contributed by atoms with Crippen LogP contribution in [0.5, 0.6) is 0 Å². The van der Waals surface area contributed by atoms with E-state index in [1.54, 1.807) is 42.6 Å². The molecule has 0 fully saturated rings. The molecule has 13 heteroatoms. The van der Waals surface area contributed by atoms with Crippen LogP contribution in [0.4, 0.5) is 21.9 Å². The number of aromatic nitrogens is 1. The first-order valence-electron chi connectivity index (χ1n) is 13.3. The largest absolute Gasteiger partial charge is 0.453 e. The SMILES string of the molecule is COC(=O)Nc1ccc2c(c1)NCCCCC[C@H](NC(=O)/C=C/c1cc(Cl)ccc1N(N)/C=N\N)c1cc-2cc[n+]1O. The van der Waals surface area contributed by atoms with Crippen LogP contribution in [-0.4, -0.2) is 37.2 Å². The molecular formula is C29H34ClN8O4+. The highest BCUT2D eigenvalue weighted by Gasteiger charge is 2.26. The number of benzene rings is 2. The molecule has 3 aromatic rings. The highest BCUT2D eigenvalue weighted by molar-refractivity contribution is 6.30. The maximum Gasteiger partial charge on any atom is 0.411 e. The van der Waals surface area contributed by atoms with Gasteiger partial charge in [-0.25, -0.2) is 10.6 Å². The van der Waals surface area contributed by atoms with Crippen LogP contribution >= 0.6 is 11.6 Å². The van der Waals surface area contributed by atoms with Crippen LogP contribution in [0.15, 0.2) is 65.9 Å². The van der Waals surface area contributed by atoms with Crippen LogP contribution < -0.4 is 37.4 Å². The third kappa shape index (κ3) is 7.68. The fraction of sp³-hybridized carbons (Fsp3) is 0.241. The van der Waals surface area contributed by atoms with Gasteiger partial charge in [-0.3, -0.25) is 20.3 Å². The molecule has 2 heterocycles. The number of carbonyl (C=O) groups is 2. The van der Waals surface area contributed by atoms with Gasteiger partial charge in [-0.2, -0.15) is 5.10 Å². The number of amides is 2. The second-order valence-electron chi connectivity index (χ2n) is 9.61. The first kappa shape index (κ1) is 30.2. The van der Waals surface area contributed by atoms with E-state index < -0.39 is 12.1 Å². The molecule has 1 atom stereocenters. The Balaban J connectivity index is 1.63. The molecule has 0 spiro atoms. The van der Waals surface area contributed by atoms with Gasteiger partial charge in [-0.1, -0.05) is 30.5 Å². The zero-order chi connectivity index (χ0) is 30.1. The summed E-state index contributed by atoms with van der Waals surface area (Å²) >= 11 is 6.17. The van der Waals surface area contributed by atoms with E-state index in [1.807, 2.05) is 18.2 Å². The van der Waals surface area contributed by atoms with E-state index in [1.165, 1.54) is 24.5 Å². The molecule has 4 rings (SSSR count). The molecule has 1 aromatic heterocycles. The minimum Gasteiger partial charge on any atom is -0.453 e. The van der Waals surface area contributed by atoms with Crippen molar-refractivity contribution in [2.75, 3.05) is 29.3 Å². The summed E-state index contributed by atoms with van der Waals surface area (Å²) in [5, 5.41) is 25.1. The second kappa shape index (κ2) is 14.2. The summed E-state index contributed by atoms with van der Waals surface area (Å²) in [6, 6.07) is 13.7. The molecular weight excluding hydrogens is 560 g/mol. The van der Waals surface area contributed by atoms with Crippen molar-refractivity contribution in [2.45, 2.75) is 31.7 Å². The van der Waals surface area contributed by atoms with Crippen LogP contribution in [0.2, 0.25) is 5.02 Å². The fourth-order valence-corrected chi connectivity index (χ4v) is 4.89. The van der Waals surface area contributed by atoms with Crippen LogP contribution in [0.1, 0.15) is 43.0 Å². The quantitative estimate of drug-likeness (QED) is 0.0470. The van der Waals surface area contributed by atoms with Crippen molar-refractivity contribution in [1.29, 1.82) is 0 Å². The summed E-state index contributed by atoms with van der Waals surface area (Å²) in [5.74, 6) is 10.8. The Morgan fingerprint density at radius 2 is 2.02 bits per heavy atom. The number of anilines is 3. The van der Waals surface area contributed by atoms with Gasteiger partial charge < -0.3 is 21.2 Å². The van der Waals surface area contributed by atoms with E-state index in [0.717, 1.165) is 47.4 Å². The molecule has 42 heavy (non-hydrogen) atoms. The van der Waals surface area contributed by atoms with Crippen molar-refractivity contribution in [3.63, 3.8) is 0 Å². The lowest BCUT2D eigenvalue weighted by atomic mass is 9.98. The van der Waals surface area contributed by atoms with Gasteiger partial charge >= 0.3 is 6.09 Å². The number of carbonyl (C=O) groups excluding carboxylic acids is 2. The van der Waals surface area contributed by atoms with Gasteiger partial charge in [0.15, 0.2) is 0 Å². The van der Waals surface area contributed by atoms with Crippen LogP contribution in [0.25, 0.3) is 17.2 Å². The summed E-state index contributed by atoms with van der Waals surface area (Å²) < 4.78 is 5.74. The predicted molar refractivity (Wildman–Crippen MR) is 163 cm³/mol. The molecule has 1 aliphatic rings. The number of nitrogens with zero attached hydrogens (tertiary/aromatic N) is 3. The monoisotopic (exact) mass is 593 g/mol. The van der Waals surface area contributed by atoms with E-state index in [0.29, 0.717) is 34.1 Å². The normalized spacial score (nSPS) is 15.2. The van der Waals surface area contributed by atoms with Gasteiger partial charge in [0, 0.05) is 57.0 Å². The van der Waals surface area contributed by atoms with E-state index in [9.17, 15) is 14.8 Å². The number of nitrogens with one attached hydrogen (secondary N) is 3. The number of ether oxygens (including phenoxy) is 1. The summed E-state index contributed by atoms with van der Waals surface area (Å²) in [6.45, 7) is 0.725. The standard InChI is InChI=1S/C29H33ClN8O4/c1-42-29(40)35-22-8-9-23-19-12-14-38(41)27(16-19)24(5-3-2-4-13-33-25(23)17-22)36-28(39)11-6-20-15-21(30)7-10-26(20)37(32)18-34-31/h6-12,14-18,24,41H,2-5,13,31-32H2,1H3,(H2,33,35,36,39,40)/p+1/b11-6+,23-19?,34-18-/t24-/m0/s1. The zero-order valence-electron chi connectivity index (χ0n) is 23.1. The Labute approximate surface area is 248 Å². The third-order valence-corrected chi connectivity index (χ3v) is 6.99. The maximum absolute atomic E-state index is 13.1. The summed E-state index contributed by atoms with van der Waals surface area (Å²) in [5.41, 5.74) is 4.75. The molecule has 0 unspecified atom stereocenters. The molecule has 0 saturated carbocycles. The maximum atomic E-state index is 13.1. The third-order valence-electron chi connectivity index (χ3n) is 6.76. The van der Waals surface area contributed by atoms with Crippen molar-refractivity contribution in [2.24, 2.45) is 16.8 Å². The second-order valence-corrected chi connectivity index (χ2v) is 10.0. The summed E-state index contributed by atoms with van der Waals surface area (Å²) in [6.07, 6.45) is 8.43. The number of pyridine rings is 1. The Hall–Kier alpha value is -4.81. The lowest BCUT2D eigenvalue weighted by Gasteiger charge is -2.19. The van der Waals surface area contributed by atoms with Crippen LogP contribution in [-0.2, 0) is 9.53 Å². The number of hydrazone groups is 1. The number of halogens is 1. The Bertz CT molecular complexity index is 1500. The predicted octanol–water partition coefficient (Wildman–Crippen LogP) is 4.15. The molecule has 2 bridgehead atoms. The van der Waals surface area contributed by atoms with Crippen molar-refractivity contribution < 1.29 is 24.3 Å². The highest BCUT2D eigenvalue weighted by atomic mass is 35.5. The topological polar surface area (TPSA) is 171 Å². The lowest BCUT2D eigenvalue weighted by Crippen LogP contribution is -2.41. The van der Waals surface area contributed by atoms with Crippen molar-refractivity contribution in [3.8, 4) is 11.1 Å². The number of fused-ring (bicyclic) bond motifs is 4. The van der Waals surface area contributed by atoms with Gasteiger partial charge in [-0.05, 0) is 54.8 Å². The fourth-order valence-electron chi connectivity index (χ4n) is 4.71. The van der Waals surface area contributed by atoms with Gasteiger partial charge in [-0.15, -0.1) is 0 Å². The Morgan fingerprint density at radius 1 is 1.19 bits per heavy atom. The van der Waals surface area contributed by atoms with Gasteiger partial charge in [0.05, 0.1) is 12.8 Å². The van der Waals surface area contributed by atoms with Crippen molar-refractivity contribution in [3.05, 3.63) is 77.1 Å². The number of hydrogen-bond acceptors (Lipinski definition) is 8. The number of hydrogen-bond donors (Lipinski definition) is 6.